The number of anilines is 1. The molecule has 0 aromatic heterocycles. The highest BCUT2D eigenvalue weighted by atomic mass is 32.2. The van der Waals surface area contributed by atoms with E-state index in [-0.39, 0.29) is 10.8 Å². The minimum absolute atomic E-state index is 0.00515. The predicted octanol–water partition coefficient (Wildman–Crippen LogP) is 3.09. The predicted molar refractivity (Wildman–Crippen MR) is 93.2 cm³/mol. The monoisotopic (exact) mass is 350 g/mol. The van der Waals surface area contributed by atoms with Gasteiger partial charge in [-0.2, -0.15) is 0 Å². The molecule has 122 valence electrons. The van der Waals surface area contributed by atoms with Gasteiger partial charge in [-0.1, -0.05) is 13.8 Å². The summed E-state index contributed by atoms with van der Waals surface area (Å²) < 4.78 is 22.4. The van der Waals surface area contributed by atoms with E-state index in [1.165, 1.54) is 24.3 Å². The number of carbonyl (C=O) groups excluding carboxylic acids is 1. The molecule has 0 spiro atoms. The molecule has 2 aromatic carbocycles. The van der Waals surface area contributed by atoms with Crippen molar-refractivity contribution in [2.75, 3.05) is 5.32 Å². The van der Waals surface area contributed by atoms with Crippen LogP contribution >= 0.6 is 11.8 Å². The molecule has 0 aliphatic heterocycles. The average molecular weight is 350 g/mol. The van der Waals surface area contributed by atoms with Crippen molar-refractivity contribution in [1.82, 2.24) is 0 Å². The van der Waals surface area contributed by atoms with Crippen LogP contribution < -0.4 is 10.5 Å². The summed E-state index contributed by atoms with van der Waals surface area (Å²) >= 11 is 1.73. The second-order valence-electron chi connectivity index (χ2n) is 5.21. The van der Waals surface area contributed by atoms with Gasteiger partial charge in [0.1, 0.15) is 0 Å². The van der Waals surface area contributed by atoms with Crippen LogP contribution in [0.4, 0.5) is 5.69 Å². The van der Waals surface area contributed by atoms with Crippen molar-refractivity contribution in [3.8, 4) is 0 Å². The third-order valence-electron chi connectivity index (χ3n) is 2.93. The molecule has 0 radical (unpaired) electrons. The van der Waals surface area contributed by atoms with Crippen molar-refractivity contribution in [2.24, 2.45) is 5.14 Å². The second kappa shape index (κ2) is 7.16. The van der Waals surface area contributed by atoms with E-state index >= 15 is 0 Å². The molecule has 0 bridgehead atoms. The molecule has 5 nitrogen and oxygen atoms in total. The normalized spacial score (nSPS) is 11.5. The quantitative estimate of drug-likeness (QED) is 0.811. The first-order chi connectivity index (χ1) is 10.8. The fourth-order valence-corrected chi connectivity index (χ4v) is 3.24. The zero-order chi connectivity index (χ0) is 17.0. The van der Waals surface area contributed by atoms with Gasteiger partial charge < -0.3 is 5.32 Å². The Morgan fingerprint density at radius 1 is 1.04 bits per heavy atom. The van der Waals surface area contributed by atoms with Crippen molar-refractivity contribution >= 4 is 33.4 Å². The number of amides is 1. The number of primary sulfonamides is 1. The molecule has 0 unspecified atom stereocenters. The number of benzene rings is 2. The molecule has 0 aliphatic rings. The Bertz CT molecular complexity index is 783. The summed E-state index contributed by atoms with van der Waals surface area (Å²) in [5, 5.41) is 8.22. The van der Waals surface area contributed by atoms with Crippen LogP contribution in [0.1, 0.15) is 24.2 Å². The Labute approximate surface area is 140 Å². The minimum Gasteiger partial charge on any atom is -0.322 e. The number of thioether (sulfide) groups is 1. The molecule has 2 rings (SSSR count). The number of carbonyl (C=O) groups is 1. The van der Waals surface area contributed by atoms with E-state index in [2.05, 4.69) is 19.2 Å². The summed E-state index contributed by atoms with van der Waals surface area (Å²) in [7, 11) is -3.73. The average Bonchev–Trinajstić information content (AvgIpc) is 2.47. The van der Waals surface area contributed by atoms with Gasteiger partial charge in [0, 0.05) is 21.4 Å². The molecule has 1 amide bonds. The van der Waals surface area contributed by atoms with Crippen molar-refractivity contribution in [3.63, 3.8) is 0 Å². The lowest BCUT2D eigenvalue weighted by Gasteiger charge is -2.08. The van der Waals surface area contributed by atoms with Crippen molar-refractivity contribution in [3.05, 3.63) is 54.1 Å². The largest absolute Gasteiger partial charge is 0.322 e. The highest BCUT2D eigenvalue weighted by molar-refractivity contribution is 7.99. The molecule has 3 N–H and O–H groups in total. The molecule has 0 fully saturated rings. The molecular formula is C16H18N2O3S2. The standard InChI is InChI=1S/C16H18N2O3S2/c1-11(2)22-14-7-3-12(4-8-14)16(19)18-13-5-9-15(10-6-13)23(17,20)21/h3-11H,1-2H3,(H,18,19)(H2,17,20,21). The van der Waals surface area contributed by atoms with Gasteiger partial charge in [0.2, 0.25) is 10.0 Å². The topological polar surface area (TPSA) is 89.3 Å². The summed E-state index contributed by atoms with van der Waals surface area (Å²) in [6.45, 7) is 4.22. The van der Waals surface area contributed by atoms with E-state index < -0.39 is 10.0 Å². The third-order valence-corrected chi connectivity index (χ3v) is 4.87. The number of hydrogen-bond acceptors (Lipinski definition) is 4. The van der Waals surface area contributed by atoms with Crippen LogP contribution in [0, 0.1) is 0 Å². The lowest BCUT2D eigenvalue weighted by molar-refractivity contribution is 0.102. The van der Waals surface area contributed by atoms with Crippen LogP contribution in [-0.4, -0.2) is 19.6 Å². The molecule has 23 heavy (non-hydrogen) atoms. The highest BCUT2D eigenvalue weighted by Gasteiger charge is 2.09. The fraction of sp³-hybridized carbons (Fsp3) is 0.188. The Hall–Kier alpha value is -1.83. The summed E-state index contributed by atoms with van der Waals surface area (Å²) in [6, 6.07) is 13.0. The van der Waals surface area contributed by atoms with Gasteiger partial charge in [-0.25, -0.2) is 13.6 Å². The number of nitrogens with two attached hydrogens (primary N) is 1. The number of rotatable bonds is 5. The lowest BCUT2D eigenvalue weighted by Crippen LogP contribution is -2.13. The maximum atomic E-state index is 12.2. The smallest absolute Gasteiger partial charge is 0.255 e. The van der Waals surface area contributed by atoms with E-state index in [1.54, 1.807) is 23.9 Å². The molecule has 0 saturated carbocycles. The molecule has 0 heterocycles. The first-order valence-corrected chi connectivity index (χ1v) is 9.39. The zero-order valence-corrected chi connectivity index (χ0v) is 14.4. The summed E-state index contributed by atoms with van der Waals surface area (Å²) in [6.07, 6.45) is 0. The van der Waals surface area contributed by atoms with Crippen LogP contribution in [-0.2, 0) is 10.0 Å². The number of hydrogen-bond donors (Lipinski definition) is 2. The minimum atomic E-state index is -3.73. The van der Waals surface area contributed by atoms with Gasteiger partial charge >= 0.3 is 0 Å². The van der Waals surface area contributed by atoms with E-state index in [9.17, 15) is 13.2 Å². The molecule has 7 heteroatoms. The summed E-state index contributed by atoms with van der Waals surface area (Å²) in [4.78, 5) is 13.3. The third kappa shape index (κ3) is 5.09. The van der Waals surface area contributed by atoms with Gasteiger partial charge in [-0.15, -0.1) is 11.8 Å². The zero-order valence-electron chi connectivity index (χ0n) is 12.8. The highest BCUT2D eigenvalue weighted by Crippen LogP contribution is 2.23. The maximum Gasteiger partial charge on any atom is 0.255 e. The molecular weight excluding hydrogens is 332 g/mol. The van der Waals surface area contributed by atoms with Crippen molar-refractivity contribution < 1.29 is 13.2 Å². The van der Waals surface area contributed by atoms with Gasteiger partial charge in [0.15, 0.2) is 0 Å². The van der Waals surface area contributed by atoms with Crippen LogP contribution in [0.25, 0.3) is 0 Å². The van der Waals surface area contributed by atoms with Crippen LogP contribution in [0.5, 0.6) is 0 Å². The van der Waals surface area contributed by atoms with Crippen LogP contribution in [0.15, 0.2) is 58.3 Å². The molecule has 2 aromatic rings. The van der Waals surface area contributed by atoms with Crippen molar-refractivity contribution in [2.45, 2.75) is 28.9 Å². The number of nitrogens with one attached hydrogen (secondary N) is 1. The molecule has 0 saturated heterocycles. The first-order valence-electron chi connectivity index (χ1n) is 6.96. The van der Waals surface area contributed by atoms with E-state index in [1.807, 2.05) is 12.1 Å². The van der Waals surface area contributed by atoms with E-state index in [0.717, 1.165) is 4.90 Å². The fourth-order valence-electron chi connectivity index (χ4n) is 1.89. The van der Waals surface area contributed by atoms with Gasteiger partial charge in [0.05, 0.1) is 4.90 Å². The Morgan fingerprint density at radius 3 is 2.09 bits per heavy atom. The summed E-state index contributed by atoms with van der Waals surface area (Å²) in [5.74, 6) is -0.255. The van der Waals surface area contributed by atoms with Crippen LogP contribution in [0.3, 0.4) is 0 Å². The van der Waals surface area contributed by atoms with E-state index in [4.69, 9.17) is 5.14 Å². The van der Waals surface area contributed by atoms with Gasteiger partial charge in [-0.05, 0) is 48.5 Å². The Balaban J connectivity index is 2.07. The lowest BCUT2D eigenvalue weighted by atomic mass is 10.2. The van der Waals surface area contributed by atoms with Crippen molar-refractivity contribution in [1.29, 1.82) is 0 Å². The van der Waals surface area contributed by atoms with Crippen LogP contribution in [0.2, 0.25) is 0 Å². The van der Waals surface area contributed by atoms with Gasteiger partial charge in [0.25, 0.3) is 5.91 Å². The maximum absolute atomic E-state index is 12.2. The number of sulfonamides is 1. The second-order valence-corrected chi connectivity index (χ2v) is 8.43. The Kier molecular flexibility index (Phi) is 5.46. The first kappa shape index (κ1) is 17.5. The Morgan fingerprint density at radius 2 is 1.61 bits per heavy atom. The molecule has 0 aliphatic carbocycles. The van der Waals surface area contributed by atoms with E-state index in [0.29, 0.717) is 16.5 Å². The van der Waals surface area contributed by atoms with Gasteiger partial charge in [-0.3, -0.25) is 4.79 Å². The SMILES string of the molecule is CC(C)Sc1ccc(C(=O)Nc2ccc(S(N)(=O)=O)cc2)cc1. The molecule has 0 atom stereocenters. The summed E-state index contributed by atoms with van der Waals surface area (Å²) in [5.41, 5.74) is 1.04.